The van der Waals surface area contributed by atoms with Crippen LogP contribution in [0.4, 0.5) is 18.9 Å². The highest BCUT2D eigenvalue weighted by atomic mass is 32.1. The quantitative estimate of drug-likeness (QED) is 0.854. The minimum Gasteiger partial charge on any atom is -0.465 e. The van der Waals surface area contributed by atoms with Gasteiger partial charge in [-0.1, -0.05) is 0 Å². The molecule has 1 N–H and O–H groups in total. The van der Waals surface area contributed by atoms with Crippen molar-refractivity contribution in [1.82, 2.24) is 0 Å². The Labute approximate surface area is 129 Å². The van der Waals surface area contributed by atoms with E-state index in [1.54, 1.807) is 11.4 Å². The van der Waals surface area contributed by atoms with Gasteiger partial charge in [0, 0.05) is 5.92 Å². The fourth-order valence-electron chi connectivity index (χ4n) is 2.58. The van der Waals surface area contributed by atoms with Gasteiger partial charge in [-0.25, -0.2) is 4.79 Å². The van der Waals surface area contributed by atoms with Crippen molar-refractivity contribution in [2.75, 3.05) is 12.4 Å². The van der Waals surface area contributed by atoms with Gasteiger partial charge in [0.05, 0.1) is 18.7 Å². The van der Waals surface area contributed by atoms with Gasteiger partial charge in [0.25, 0.3) is 0 Å². The monoisotopic (exact) mass is 335 g/mol. The van der Waals surface area contributed by atoms with E-state index in [4.69, 9.17) is 0 Å². The molecule has 22 heavy (non-hydrogen) atoms. The number of hydrogen-bond donors (Lipinski definition) is 1. The van der Waals surface area contributed by atoms with Crippen LogP contribution in [-0.2, 0) is 9.53 Å². The van der Waals surface area contributed by atoms with Gasteiger partial charge >= 0.3 is 12.1 Å². The predicted molar refractivity (Wildman–Crippen MR) is 75.8 cm³/mol. The van der Waals surface area contributed by atoms with E-state index < -0.39 is 24.0 Å². The number of thiophene rings is 1. The van der Waals surface area contributed by atoms with Gasteiger partial charge in [-0.2, -0.15) is 13.2 Å². The average molecular weight is 335 g/mol. The van der Waals surface area contributed by atoms with E-state index in [-0.39, 0.29) is 36.5 Å². The Hall–Kier alpha value is -1.57. The maximum Gasteiger partial charge on any atom is 0.391 e. The molecule has 1 aliphatic rings. The van der Waals surface area contributed by atoms with E-state index in [1.165, 1.54) is 7.11 Å². The van der Waals surface area contributed by atoms with Crippen LogP contribution in [-0.4, -0.2) is 25.2 Å². The lowest BCUT2D eigenvalue weighted by molar-refractivity contribution is -0.184. The van der Waals surface area contributed by atoms with Crippen molar-refractivity contribution in [2.24, 2.45) is 11.8 Å². The number of hydrogen-bond acceptors (Lipinski definition) is 4. The normalized spacial score (nSPS) is 22.2. The number of anilines is 1. The van der Waals surface area contributed by atoms with Crippen LogP contribution in [0.2, 0.25) is 0 Å². The summed E-state index contributed by atoms with van der Waals surface area (Å²) < 4.78 is 42.4. The van der Waals surface area contributed by atoms with Crippen LogP contribution in [0.5, 0.6) is 0 Å². The molecule has 1 amide bonds. The number of ether oxygens (including phenoxy) is 1. The molecule has 122 valence electrons. The van der Waals surface area contributed by atoms with Crippen LogP contribution in [0.1, 0.15) is 35.4 Å². The number of nitrogens with one attached hydrogen (secondary N) is 1. The number of methoxy groups -OCH3 is 1. The Kier molecular flexibility index (Phi) is 5.10. The molecular formula is C14H16F3NO3S. The summed E-state index contributed by atoms with van der Waals surface area (Å²) in [5, 5.41) is 4.26. The lowest BCUT2D eigenvalue weighted by atomic mass is 9.81. The highest BCUT2D eigenvalue weighted by Gasteiger charge is 2.42. The van der Waals surface area contributed by atoms with Crippen molar-refractivity contribution in [2.45, 2.75) is 31.9 Å². The summed E-state index contributed by atoms with van der Waals surface area (Å²) in [7, 11) is 1.24. The highest BCUT2D eigenvalue weighted by molar-refractivity contribution is 7.12. The Morgan fingerprint density at radius 3 is 2.45 bits per heavy atom. The molecule has 0 saturated heterocycles. The number of carbonyl (C=O) groups is 2. The standard InChI is InChI=1S/C14H16F3NO3S/c1-21-13(20)11-10(6-7-22-11)18-12(19)8-2-4-9(5-3-8)14(15,16)17/h6-9H,2-5H2,1H3,(H,18,19)/t8-,9-. The Morgan fingerprint density at radius 1 is 1.27 bits per heavy atom. The van der Waals surface area contributed by atoms with Crippen LogP contribution in [0, 0.1) is 11.8 Å². The molecule has 0 bridgehead atoms. The molecule has 0 spiro atoms. The summed E-state index contributed by atoms with van der Waals surface area (Å²) in [5.41, 5.74) is 0.347. The number of alkyl halides is 3. The first-order chi connectivity index (χ1) is 10.3. The molecule has 2 rings (SSSR count). The van der Waals surface area contributed by atoms with Crippen molar-refractivity contribution in [1.29, 1.82) is 0 Å². The van der Waals surface area contributed by atoms with E-state index in [1.807, 2.05) is 0 Å². The molecule has 8 heteroatoms. The Morgan fingerprint density at radius 2 is 1.91 bits per heavy atom. The molecule has 0 unspecified atom stereocenters. The average Bonchev–Trinajstić information content (AvgIpc) is 2.93. The fourth-order valence-corrected chi connectivity index (χ4v) is 3.34. The van der Waals surface area contributed by atoms with Gasteiger partial charge in [-0.3, -0.25) is 4.79 Å². The molecule has 0 atom stereocenters. The van der Waals surface area contributed by atoms with Crippen LogP contribution < -0.4 is 5.32 Å². The number of esters is 1. The van der Waals surface area contributed by atoms with E-state index in [9.17, 15) is 22.8 Å². The van der Waals surface area contributed by atoms with Crippen LogP contribution in [0.25, 0.3) is 0 Å². The topological polar surface area (TPSA) is 55.4 Å². The molecule has 1 aliphatic carbocycles. The fraction of sp³-hybridized carbons (Fsp3) is 0.571. The van der Waals surface area contributed by atoms with Gasteiger partial charge in [0.2, 0.25) is 5.91 Å². The predicted octanol–water partition coefficient (Wildman–Crippen LogP) is 3.84. The van der Waals surface area contributed by atoms with E-state index >= 15 is 0 Å². The molecular weight excluding hydrogens is 319 g/mol. The first-order valence-corrected chi connectivity index (χ1v) is 7.74. The molecule has 1 saturated carbocycles. The SMILES string of the molecule is COC(=O)c1sccc1NC(=O)[C@H]1CC[C@H](C(F)(F)F)CC1. The van der Waals surface area contributed by atoms with Gasteiger partial charge in [-0.05, 0) is 37.1 Å². The largest absolute Gasteiger partial charge is 0.465 e. The van der Waals surface area contributed by atoms with Crippen LogP contribution >= 0.6 is 11.3 Å². The zero-order valence-electron chi connectivity index (χ0n) is 11.9. The van der Waals surface area contributed by atoms with Crippen molar-refractivity contribution < 1.29 is 27.5 Å². The van der Waals surface area contributed by atoms with Crippen molar-refractivity contribution >= 4 is 28.9 Å². The smallest absolute Gasteiger partial charge is 0.391 e. The first kappa shape index (κ1) is 16.8. The highest BCUT2D eigenvalue weighted by Crippen LogP contribution is 2.39. The molecule has 0 aliphatic heterocycles. The summed E-state index contributed by atoms with van der Waals surface area (Å²) >= 11 is 1.14. The maximum atomic E-state index is 12.6. The van der Waals surface area contributed by atoms with Gasteiger partial charge < -0.3 is 10.1 Å². The lowest BCUT2D eigenvalue weighted by Crippen LogP contribution is -2.32. The Balaban J connectivity index is 1.94. The second-order valence-electron chi connectivity index (χ2n) is 5.23. The second kappa shape index (κ2) is 6.68. The minimum atomic E-state index is -4.19. The summed E-state index contributed by atoms with van der Waals surface area (Å²) in [4.78, 5) is 23.9. The summed E-state index contributed by atoms with van der Waals surface area (Å²) in [6, 6.07) is 1.58. The first-order valence-electron chi connectivity index (χ1n) is 6.86. The van der Waals surface area contributed by atoms with Gasteiger partial charge in [-0.15, -0.1) is 11.3 Å². The number of carbonyl (C=O) groups excluding carboxylic acids is 2. The number of amides is 1. The van der Waals surface area contributed by atoms with E-state index in [2.05, 4.69) is 10.1 Å². The van der Waals surface area contributed by atoms with Crippen LogP contribution in [0.3, 0.4) is 0 Å². The molecule has 1 aromatic heterocycles. The zero-order chi connectivity index (χ0) is 16.3. The van der Waals surface area contributed by atoms with E-state index in [0.29, 0.717) is 5.69 Å². The lowest BCUT2D eigenvalue weighted by Gasteiger charge is -2.29. The van der Waals surface area contributed by atoms with Crippen LogP contribution in [0.15, 0.2) is 11.4 Å². The molecule has 1 heterocycles. The summed E-state index contributed by atoms with van der Waals surface area (Å²) in [6.45, 7) is 0. The van der Waals surface area contributed by atoms with Crippen molar-refractivity contribution in [3.8, 4) is 0 Å². The minimum absolute atomic E-state index is 0.0327. The zero-order valence-corrected chi connectivity index (χ0v) is 12.7. The molecule has 1 fully saturated rings. The number of halogens is 3. The second-order valence-corrected chi connectivity index (χ2v) is 6.15. The third-order valence-corrected chi connectivity index (χ3v) is 4.75. The van der Waals surface area contributed by atoms with E-state index in [0.717, 1.165) is 11.3 Å². The summed E-state index contributed by atoms with van der Waals surface area (Å²) in [6.07, 6.45) is -3.85. The Bertz CT molecular complexity index is 548. The number of rotatable bonds is 3. The maximum absolute atomic E-state index is 12.6. The third kappa shape index (κ3) is 3.79. The molecule has 0 aromatic carbocycles. The molecule has 4 nitrogen and oxygen atoms in total. The van der Waals surface area contributed by atoms with Gasteiger partial charge in [0.15, 0.2) is 0 Å². The van der Waals surface area contributed by atoms with Gasteiger partial charge in [0.1, 0.15) is 4.88 Å². The molecule has 1 aromatic rings. The third-order valence-electron chi connectivity index (χ3n) is 3.85. The summed E-state index contributed by atoms with van der Waals surface area (Å²) in [5.74, 6) is -2.66. The van der Waals surface area contributed by atoms with Crippen molar-refractivity contribution in [3.63, 3.8) is 0 Å². The van der Waals surface area contributed by atoms with Crippen molar-refractivity contribution in [3.05, 3.63) is 16.3 Å². The molecule has 0 radical (unpaired) electrons.